The second kappa shape index (κ2) is 5.94. The first-order chi connectivity index (χ1) is 9.52. The summed E-state index contributed by atoms with van der Waals surface area (Å²) in [5.41, 5.74) is 1.44. The number of aliphatic carboxylic acids is 1. The predicted octanol–water partition coefficient (Wildman–Crippen LogP) is 1.99. The SMILES string of the molecule is COc1cc(C(=O)N[C@@H]2CCC[C@@H]2C(=O)O)ccc1C. The van der Waals surface area contributed by atoms with E-state index in [1.54, 1.807) is 19.2 Å². The molecule has 0 unspecified atom stereocenters. The van der Waals surface area contributed by atoms with Crippen molar-refractivity contribution in [3.05, 3.63) is 29.3 Å². The summed E-state index contributed by atoms with van der Waals surface area (Å²) >= 11 is 0. The summed E-state index contributed by atoms with van der Waals surface area (Å²) in [6, 6.07) is 4.93. The second-order valence-electron chi connectivity index (χ2n) is 5.14. The van der Waals surface area contributed by atoms with Crippen LogP contribution in [0.2, 0.25) is 0 Å². The zero-order valence-corrected chi connectivity index (χ0v) is 11.7. The van der Waals surface area contributed by atoms with Crippen molar-refractivity contribution in [3.63, 3.8) is 0 Å². The molecule has 2 N–H and O–H groups in total. The summed E-state index contributed by atoms with van der Waals surface area (Å²) in [5.74, 6) is -0.916. The van der Waals surface area contributed by atoms with Gasteiger partial charge in [0, 0.05) is 11.6 Å². The lowest BCUT2D eigenvalue weighted by Gasteiger charge is -2.18. The number of nitrogens with one attached hydrogen (secondary N) is 1. The number of carbonyl (C=O) groups excluding carboxylic acids is 1. The summed E-state index contributed by atoms with van der Waals surface area (Å²) in [7, 11) is 1.56. The van der Waals surface area contributed by atoms with E-state index in [-0.39, 0.29) is 11.9 Å². The first-order valence-corrected chi connectivity index (χ1v) is 6.71. The molecule has 1 aliphatic rings. The van der Waals surface area contributed by atoms with E-state index in [1.807, 2.05) is 13.0 Å². The molecule has 0 aliphatic heterocycles. The molecule has 1 saturated carbocycles. The number of carbonyl (C=O) groups is 2. The molecule has 108 valence electrons. The third kappa shape index (κ3) is 2.92. The highest BCUT2D eigenvalue weighted by Gasteiger charge is 2.34. The highest BCUT2D eigenvalue weighted by atomic mass is 16.5. The number of aryl methyl sites for hydroxylation is 1. The fourth-order valence-electron chi connectivity index (χ4n) is 2.64. The van der Waals surface area contributed by atoms with Crippen LogP contribution in [0.15, 0.2) is 18.2 Å². The summed E-state index contributed by atoms with van der Waals surface area (Å²) in [6.07, 6.45) is 2.17. The molecule has 0 heterocycles. The molecule has 0 bridgehead atoms. The molecule has 1 aromatic carbocycles. The first kappa shape index (κ1) is 14.4. The van der Waals surface area contributed by atoms with Gasteiger partial charge in [-0.1, -0.05) is 12.5 Å². The number of methoxy groups -OCH3 is 1. The maximum absolute atomic E-state index is 12.2. The smallest absolute Gasteiger partial charge is 0.308 e. The molecule has 2 atom stereocenters. The van der Waals surface area contributed by atoms with E-state index in [9.17, 15) is 9.59 Å². The van der Waals surface area contributed by atoms with Gasteiger partial charge >= 0.3 is 5.97 Å². The molecule has 1 fully saturated rings. The zero-order valence-electron chi connectivity index (χ0n) is 11.7. The van der Waals surface area contributed by atoms with E-state index < -0.39 is 11.9 Å². The molecule has 0 spiro atoms. The average molecular weight is 277 g/mol. The monoisotopic (exact) mass is 277 g/mol. The Bertz CT molecular complexity index is 527. The fraction of sp³-hybridized carbons (Fsp3) is 0.467. The summed E-state index contributed by atoms with van der Waals surface area (Å²) in [6.45, 7) is 1.90. The minimum Gasteiger partial charge on any atom is -0.496 e. The lowest BCUT2D eigenvalue weighted by molar-refractivity contribution is -0.142. The number of carboxylic acids is 1. The van der Waals surface area contributed by atoms with E-state index in [0.29, 0.717) is 24.2 Å². The van der Waals surface area contributed by atoms with Crippen LogP contribution in [-0.4, -0.2) is 30.1 Å². The Labute approximate surface area is 117 Å². The van der Waals surface area contributed by atoms with Gasteiger partial charge in [0.05, 0.1) is 13.0 Å². The van der Waals surface area contributed by atoms with E-state index in [2.05, 4.69) is 5.32 Å². The maximum atomic E-state index is 12.2. The van der Waals surface area contributed by atoms with Crippen LogP contribution in [0.3, 0.4) is 0 Å². The van der Waals surface area contributed by atoms with E-state index in [4.69, 9.17) is 9.84 Å². The van der Waals surface area contributed by atoms with Crippen LogP contribution < -0.4 is 10.1 Å². The Balaban J connectivity index is 2.10. The summed E-state index contributed by atoms with van der Waals surface area (Å²) < 4.78 is 5.19. The first-order valence-electron chi connectivity index (χ1n) is 6.71. The van der Waals surface area contributed by atoms with Crippen molar-refractivity contribution in [2.45, 2.75) is 32.2 Å². The van der Waals surface area contributed by atoms with Crippen molar-refractivity contribution < 1.29 is 19.4 Å². The van der Waals surface area contributed by atoms with Gasteiger partial charge in [0.25, 0.3) is 5.91 Å². The van der Waals surface area contributed by atoms with Crippen LogP contribution in [0.5, 0.6) is 5.75 Å². The molecule has 1 aliphatic carbocycles. The molecule has 2 rings (SSSR count). The van der Waals surface area contributed by atoms with Gasteiger partial charge in [0.2, 0.25) is 0 Å². The number of amides is 1. The Kier molecular flexibility index (Phi) is 4.27. The molecular weight excluding hydrogens is 258 g/mol. The van der Waals surface area contributed by atoms with Gasteiger partial charge in [-0.25, -0.2) is 0 Å². The van der Waals surface area contributed by atoms with Crippen molar-refractivity contribution in [1.82, 2.24) is 5.32 Å². The van der Waals surface area contributed by atoms with Gasteiger partial charge in [0.1, 0.15) is 5.75 Å². The maximum Gasteiger partial charge on any atom is 0.308 e. The largest absolute Gasteiger partial charge is 0.496 e. The van der Waals surface area contributed by atoms with E-state index >= 15 is 0 Å². The van der Waals surface area contributed by atoms with Crippen molar-refractivity contribution in [2.24, 2.45) is 5.92 Å². The summed E-state index contributed by atoms with van der Waals surface area (Å²) in [4.78, 5) is 23.3. The topological polar surface area (TPSA) is 75.6 Å². The number of hydrogen-bond donors (Lipinski definition) is 2. The Morgan fingerprint density at radius 1 is 1.35 bits per heavy atom. The van der Waals surface area contributed by atoms with Crippen LogP contribution in [0.1, 0.15) is 35.2 Å². The third-order valence-corrected chi connectivity index (χ3v) is 3.82. The van der Waals surface area contributed by atoms with Crippen LogP contribution in [0, 0.1) is 12.8 Å². The van der Waals surface area contributed by atoms with Crippen LogP contribution in [-0.2, 0) is 4.79 Å². The lowest BCUT2D eigenvalue weighted by atomic mass is 10.0. The van der Waals surface area contributed by atoms with Crippen molar-refractivity contribution in [3.8, 4) is 5.75 Å². The number of ether oxygens (including phenoxy) is 1. The number of benzene rings is 1. The predicted molar refractivity (Wildman–Crippen MR) is 74.0 cm³/mol. The van der Waals surface area contributed by atoms with Crippen molar-refractivity contribution in [1.29, 1.82) is 0 Å². The number of hydrogen-bond acceptors (Lipinski definition) is 3. The van der Waals surface area contributed by atoms with E-state index in [0.717, 1.165) is 12.0 Å². The van der Waals surface area contributed by atoms with Gasteiger partial charge < -0.3 is 15.2 Å². The standard InChI is InChI=1S/C15H19NO4/c1-9-6-7-10(8-13(9)20-2)14(17)16-12-5-3-4-11(12)15(18)19/h6-8,11-12H,3-5H2,1-2H3,(H,16,17)(H,18,19)/t11-,12+/m0/s1. The normalized spacial score (nSPS) is 21.5. The Morgan fingerprint density at radius 3 is 2.75 bits per heavy atom. The summed E-state index contributed by atoms with van der Waals surface area (Å²) in [5, 5.41) is 11.9. The molecule has 0 saturated heterocycles. The molecule has 1 amide bonds. The second-order valence-corrected chi connectivity index (χ2v) is 5.14. The highest BCUT2D eigenvalue weighted by molar-refractivity contribution is 5.95. The Hall–Kier alpha value is -2.04. The highest BCUT2D eigenvalue weighted by Crippen LogP contribution is 2.26. The molecule has 0 aromatic heterocycles. The molecule has 1 aromatic rings. The number of rotatable bonds is 4. The lowest BCUT2D eigenvalue weighted by Crippen LogP contribution is -2.40. The Morgan fingerprint density at radius 2 is 2.10 bits per heavy atom. The zero-order chi connectivity index (χ0) is 14.7. The molecule has 0 radical (unpaired) electrons. The molecular formula is C15H19NO4. The van der Waals surface area contributed by atoms with Crippen LogP contribution in [0.4, 0.5) is 0 Å². The van der Waals surface area contributed by atoms with Crippen molar-refractivity contribution >= 4 is 11.9 Å². The molecule has 5 nitrogen and oxygen atoms in total. The number of carboxylic acid groups (broad SMARTS) is 1. The molecule has 20 heavy (non-hydrogen) atoms. The minimum absolute atomic E-state index is 0.249. The third-order valence-electron chi connectivity index (χ3n) is 3.82. The average Bonchev–Trinajstić information content (AvgIpc) is 2.87. The van der Waals surface area contributed by atoms with Gasteiger partial charge in [-0.05, 0) is 37.5 Å². The van der Waals surface area contributed by atoms with Gasteiger partial charge in [0.15, 0.2) is 0 Å². The fourth-order valence-corrected chi connectivity index (χ4v) is 2.64. The van der Waals surface area contributed by atoms with Gasteiger partial charge in [-0.15, -0.1) is 0 Å². The quantitative estimate of drug-likeness (QED) is 0.882. The van der Waals surface area contributed by atoms with Crippen LogP contribution >= 0.6 is 0 Å². The van der Waals surface area contributed by atoms with Crippen molar-refractivity contribution in [2.75, 3.05) is 7.11 Å². The van der Waals surface area contributed by atoms with Crippen LogP contribution in [0.25, 0.3) is 0 Å². The minimum atomic E-state index is -0.839. The van der Waals surface area contributed by atoms with E-state index in [1.165, 1.54) is 0 Å². The van der Waals surface area contributed by atoms with Gasteiger partial charge in [-0.3, -0.25) is 9.59 Å². The molecule has 5 heteroatoms. The van der Waals surface area contributed by atoms with Gasteiger partial charge in [-0.2, -0.15) is 0 Å².